The van der Waals surface area contributed by atoms with Crippen LogP contribution in [0.1, 0.15) is 25.8 Å². The number of nitrogens with one attached hydrogen (secondary N) is 1. The lowest BCUT2D eigenvalue weighted by atomic mass is 10.0. The van der Waals surface area contributed by atoms with Crippen LogP contribution >= 0.6 is 15.9 Å². The van der Waals surface area contributed by atoms with Gasteiger partial charge < -0.3 is 10.4 Å². The van der Waals surface area contributed by atoms with Crippen LogP contribution in [-0.4, -0.2) is 17.6 Å². The van der Waals surface area contributed by atoms with E-state index in [2.05, 4.69) is 21.2 Å². The summed E-state index contributed by atoms with van der Waals surface area (Å²) >= 11 is 3.33. The Morgan fingerprint density at radius 3 is 2.65 bits per heavy atom. The van der Waals surface area contributed by atoms with Crippen LogP contribution in [0.25, 0.3) is 0 Å². The quantitative estimate of drug-likeness (QED) is 0.875. The summed E-state index contributed by atoms with van der Waals surface area (Å²) in [5, 5.41) is 11.5. The zero-order chi connectivity index (χ0) is 13.1. The molecule has 94 valence electrons. The molecule has 0 saturated heterocycles. The molecule has 0 fully saturated rings. The van der Waals surface area contributed by atoms with E-state index in [0.29, 0.717) is 12.1 Å². The molecule has 0 aliphatic rings. The van der Waals surface area contributed by atoms with Gasteiger partial charge in [-0.25, -0.2) is 4.39 Å². The monoisotopic (exact) mass is 303 g/mol. The predicted molar refractivity (Wildman–Crippen MR) is 69.0 cm³/mol. The highest BCUT2D eigenvalue weighted by atomic mass is 79.9. The number of benzene rings is 1. The Morgan fingerprint density at radius 1 is 1.53 bits per heavy atom. The van der Waals surface area contributed by atoms with Crippen molar-refractivity contribution in [2.24, 2.45) is 0 Å². The van der Waals surface area contributed by atoms with Crippen molar-refractivity contribution in [3.8, 4) is 0 Å². The van der Waals surface area contributed by atoms with E-state index in [4.69, 9.17) is 5.11 Å². The maximum Gasteiger partial charge on any atom is 0.305 e. The second-order valence-corrected chi connectivity index (χ2v) is 5.09. The van der Waals surface area contributed by atoms with Gasteiger partial charge in [-0.05, 0) is 47.5 Å². The van der Waals surface area contributed by atoms with Crippen molar-refractivity contribution in [3.05, 3.63) is 28.2 Å². The van der Waals surface area contributed by atoms with Crippen molar-refractivity contribution < 1.29 is 14.3 Å². The Labute approximate surface area is 108 Å². The fraction of sp³-hybridized carbons (Fsp3) is 0.417. The summed E-state index contributed by atoms with van der Waals surface area (Å²) in [5.41, 5.74) is -0.0466. The summed E-state index contributed by atoms with van der Waals surface area (Å²) in [5.74, 6) is -0.852. The van der Waals surface area contributed by atoms with Gasteiger partial charge in [-0.1, -0.05) is 6.07 Å². The highest BCUT2D eigenvalue weighted by molar-refractivity contribution is 9.10. The normalized spacial score (nSPS) is 11.3. The lowest BCUT2D eigenvalue weighted by molar-refractivity contribution is -0.136. The first-order valence-corrected chi connectivity index (χ1v) is 6.04. The third-order valence-electron chi connectivity index (χ3n) is 2.31. The highest BCUT2D eigenvalue weighted by Crippen LogP contribution is 2.31. The summed E-state index contributed by atoms with van der Waals surface area (Å²) in [6, 6.07) is 5.12. The van der Waals surface area contributed by atoms with Crippen LogP contribution in [0, 0.1) is 0 Å². The van der Waals surface area contributed by atoms with Gasteiger partial charge in [0.25, 0.3) is 0 Å². The van der Waals surface area contributed by atoms with Crippen LogP contribution in [0.15, 0.2) is 22.7 Å². The maximum absolute atomic E-state index is 13.7. The molecule has 0 heterocycles. The molecule has 0 amide bonds. The topological polar surface area (TPSA) is 49.3 Å². The summed E-state index contributed by atoms with van der Waals surface area (Å²) < 4.78 is 14.4. The van der Waals surface area contributed by atoms with Crippen LogP contribution in [0.3, 0.4) is 0 Å². The van der Waals surface area contributed by atoms with Gasteiger partial charge in [0.05, 0.1) is 6.42 Å². The van der Waals surface area contributed by atoms with Crippen LogP contribution in [0.4, 0.5) is 10.1 Å². The summed E-state index contributed by atoms with van der Waals surface area (Å²) in [7, 11) is 0. The molecule has 2 N–H and O–H groups in total. The zero-order valence-corrected chi connectivity index (χ0v) is 11.3. The average Bonchev–Trinajstić information content (AvgIpc) is 2.18. The molecular weight excluding hydrogens is 289 g/mol. The van der Waals surface area contributed by atoms with Crippen LogP contribution in [0.5, 0.6) is 0 Å². The van der Waals surface area contributed by atoms with E-state index in [1.54, 1.807) is 18.2 Å². The maximum atomic E-state index is 13.7. The Morgan fingerprint density at radius 2 is 2.18 bits per heavy atom. The summed E-state index contributed by atoms with van der Waals surface area (Å²) in [6.07, 6.45) is 0.0444. The van der Waals surface area contributed by atoms with Crippen molar-refractivity contribution in [2.45, 2.75) is 25.9 Å². The molecule has 0 atom stereocenters. The number of carbonyl (C=O) groups is 1. The molecule has 5 heteroatoms. The molecule has 1 rings (SSSR count). The third-order valence-corrected chi connectivity index (χ3v) is 2.97. The van der Waals surface area contributed by atoms with Gasteiger partial charge in [0.2, 0.25) is 0 Å². The minimum atomic E-state index is -1.39. The van der Waals surface area contributed by atoms with Gasteiger partial charge in [-0.15, -0.1) is 0 Å². The van der Waals surface area contributed by atoms with Gasteiger partial charge >= 0.3 is 5.97 Å². The molecule has 1 aromatic carbocycles. The van der Waals surface area contributed by atoms with Gasteiger partial charge in [-0.3, -0.25) is 4.79 Å². The number of halogens is 2. The van der Waals surface area contributed by atoms with Crippen molar-refractivity contribution in [2.75, 3.05) is 11.9 Å². The first kappa shape index (κ1) is 14.0. The van der Waals surface area contributed by atoms with E-state index in [1.807, 2.05) is 0 Å². The lowest BCUT2D eigenvalue weighted by Crippen LogP contribution is -2.11. The fourth-order valence-corrected chi connectivity index (χ4v) is 1.85. The molecular formula is C12H15BrFNO2. The van der Waals surface area contributed by atoms with Gasteiger partial charge in [0, 0.05) is 16.7 Å². The second-order valence-electron chi connectivity index (χ2n) is 4.24. The van der Waals surface area contributed by atoms with Crippen molar-refractivity contribution >= 4 is 27.6 Å². The molecule has 0 aliphatic carbocycles. The van der Waals surface area contributed by atoms with Crippen LogP contribution in [0.2, 0.25) is 0 Å². The van der Waals surface area contributed by atoms with Crippen molar-refractivity contribution in [3.63, 3.8) is 0 Å². The number of rotatable bonds is 5. The van der Waals surface area contributed by atoms with E-state index in [-0.39, 0.29) is 6.42 Å². The smallest absolute Gasteiger partial charge is 0.305 e. The highest BCUT2D eigenvalue weighted by Gasteiger charge is 2.19. The zero-order valence-electron chi connectivity index (χ0n) is 9.76. The molecule has 1 aromatic rings. The predicted octanol–water partition coefficient (Wildman–Crippen LogP) is 3.54. The summed E-state index contributed by atoms with van der Waals surface area (Å²) in [6.45, 7) is 3.32. The minimum Gasteiger partial charge on any atom is -0.481 e. The SMILES string of the molecule is CC(C)(F)c1ccc(NCCC(=O)O)c(Br)c1. The molecule has 0 radical (unpaired) electrons. The average molecular weight is 304 g/mol. The number of alkyl halides is 1. The van der Waals surface area contributed by atoms with Crippen LogP contribution in [-0.2, 0) is 10.5 Å². The van der Waals surface area contributed by atoms with E-state index >= 15 is 0 Å². The molecule has 17 heavy (non-hydrogen) atoms. The fourth-order valence-electron chi connectivity index (χ4n) is 1.33. The first-order chi connectivity index (χ1) is 7.80. The van der Waals surface area contributed by atoms with E-state index in [9.17, 15) is 9.18 Å². The van der Waals surface area contributed by atoms with Gasteiger partial charge in [0.15, 0.2) is 0 Å². The van der Waals surface area contributed by atoms with Gasteiger partial charge in [0.1, 0.15) is 5.67 Å². The molecule has 3 nitrogen and oxygen atoms in total. The molecule has 0 unspecified atom stereocenters. The molecule has 0 aromatic heterocycles. The second kappa shape index (κ2) is 5.49. The molecule has 0 spiro atoms. The number of hydrogen-bond donors (Lipinski definition) is 2. The van der Waals surface area contributed by atoms with E-state index < -0.39 is 11.6 Å². The van der Waals surface area contributed by atoms with Gasteiger partial charge in [-0.2, -0.15) is 0 Å². The standard InChI is InChI=1S/C12H15BrFNO2/c1-12(2,14)8-3-4-10(9(13)7-8)15-6-5-11(16)17/h3-4,7,15H,5-6H2,1-2H3,(H,16,17). The molecule has 0 aliphatic heterocycles. The Kier molecular flexibility index (Phi) is 4.51. The minimum absolute atomic E-state index is 0.0444. The molecule has 0 bridgehead atoms. The van der Waals surface area contributed by atoms with E-state index in [1.165, 1.54) is 13.8 Å². The Hall–Kier alpha value is -1.10. The van der Waals surface area contributed by atoms with E-state index in [0.717, 1.165) is 10.2 Å². The first-order valence-electron chi connectivity index (χ1n) is 5.25. The third kappa shape index (κ3) is 4.34. The Balaban J connectivity index is 2.73. The van der Waals surface area contributed by atoms with Crippen molar-refractivity contribution in [1.29, 1.82) is 0 Å². The molecule has 0 saturated carbocycles. The number of carboxylic acids is 1. The number of anilines is 1. The lowest BCUT2D eigenvalue weighted by Gasteiger charge is -2.16. The number of hydrogen-bond acceptors (Lipinski definition) is 2. The van der Waals surface area contributed by atoms with Crippen molar-refractivity contribution in [1.82, 2.24) is 0 Å². The number of aliphatic carboxylic acids is 1. The largest absolute Gasteiger partial charge is 0.481 e. The number of carboxylic acid groups (broad SMARTS) is 1. The Bertz CT molecular complexity index is 415. The van der Waals surface area contributed by atoms with Crippen LogP contribution < -0.4 is 5.32 Å². The summed E-state index contributed by atoms with van der Waals surface area (Å²) in [4.78, 5) is 10.4.